The first-order chi connectivity index (χ1) is 10.1. The zero-order chi connectivity index (χ0) is 17.3. The molecular formula is C11H8K2O11. The van der Waals surface area contributed by atoms with Crippen LogP contribution >= 0.6 is 0 Å². The fourth-order valence-corrected chi connectivity index (χ4v) is 0.944. The van der Waals surface area contributed by atoms with Gasteiger partial charge in [-0.15, -0.1) is 0 Å². The van der Waals surface area contributed by atoms with Gasteiger partial charge in [-0.25, -0.2) is 4.79 Å². The SMILES string of the molecule is O=C(CCC(=O)C(=O)[O-])OC(=O)OC(=O)CCC(=O)C(=O)[O-].[K+].[K+]. The van der Waals surface area contributed by atoms with Crippen LogP contribution in [0.25, 0.3) is 0 Å². The number of hydrogen-bond acceptors (Lipinski definition) is 11. The van der Waals surface area contributed by atoms with Crippen molar-refractivity contribution in [3.63, 3.8) is 0 Å². The first kappa shape index (κ1) is 28.9. The molecule has 0 N–H and O–H groups in total. The van der Waals surface area contributed by atoms with Crippen LogP contribution in [0.15, 0.2) is 0 Å². The molecule has 0 unspecified atom stereocenters. The van der Waals surface area contributed by atoms with Crippen molar-refractivity contribution in [2.45, 2.75) is 25.7 Å². The monoisotopic (exact) mass is 394 g/mol. The summed E-state index contributed by atoms with van der Waals surface area (Å²) in [4.78, 5) is 74.1. The third-order valence-electron chi connectivity index (χ3n) is 1.96. The summed E-state index contributed by atoms with van der Waals surface area (Å²) >= 11 is 0. The van der Waals surface area contributed by atoms with Crippen molar-refractivity contribution in [3.05, 3.63) is 0 Å². The van der Waals surface area contributed by atoms with Crippen LogP contribution < -0.4 is 113 Å². The molecule has 0 aromatic rings. The Morgan fingerprint density at radius 2 is 0.875 bits per heavy atom. The summed E-state index contributed by atoms with van der Waals surface area (Å²) < 4.78 is 7.81. The largest absolute Gasteiger partial charge is 1.00 e. The molecule has 11 nitrogen and oxygen atoms in total. The maximum Gasteiger partial charge on any atom is 1.00 e. The van der Waals surface area contributed by atoms with Gasteiger partial charge in [0.05, 0.1) is 12.8 Å². The third kappa shape index (κ3) is 14.5. The van der Waals surface area contributed by atoms with Crippen LogP contribution in [-0.4, -0.2) is 41.6 Å². The molecular weight excluding hydrogens is 386 g/mol. The number of rotatable bonds is 8. The molecule has 13 heteroatoms. The number of carboxylic acids is 2. The molecule has 24 heavy (non-hydrogen) atoms. The van der Waals surface area contributed by atoms with E-state index in [1.165, 1.54) is 0 Å². The van der Waals surface area contributed by atoms with E-state index in [2.05, 4.69) is 9.47 Å². The number of carbonyl (C=O) groups is 7. The third-order valence-corrected chi connectivity index (χ3v) is 1.96. The average Bonchev–Trinajstić information content (AvgIpc) is 2.41. The number of ketones is 2. The van der Waals surface area contributed by atoms with Crippen LogP contribution in [0.3, 0.4) is 0 Å². The van der Waals surface area contributed by atoms with Crippen LogP contribution in [0, 0.1) is 0 Å². The maximum atomic E-state index is 11.0. The summed E-state index contributed by atoms with van der Waals surface area (Å²) in [6.07, 6.45) is -4.85. The van der Waals surface area contributed by atoms with E-state index in [-0.39, 0.29) is 103 Å². The summed E-state index contributed by atoms with van der Waals surface area (Å²) in [6.45, 7) is 0. The van der Waals surface area contributed by atoms with Gasteiger partial charge in [0.2, 0.25) is 0 Å². The molecule has 0 heterocycles. The Balaban J connectivity index is -0.00000220. The number of ether oxygens (including phenoxy) is 2. The minimum absolute atomic E-state index is 0. The molecule has 0 fully saturated rings. The molecule has 0 saturated carbocycles. The minimum Gasteiger partial charge on any atom is -0.542 e. The molecule has 0 atom stereocenters. The second kappa shape index (κ2) is 15.4. The zero-order valence-corrected chi connectivity index (χ0v) is 19.1. The molecule has 0 saturated heterocycles. The van der Waals surface area contributed by atoms with Gasteiger partial charge in [0.25, 0.3) is 0 Å². The van der Waals surface area contributed by atoms with Crippen molar-refractivity contribution in [1.29, 1.82) is 0 Å². The van der Waals surface area contributed by atoms with Gasteiger partial charge in [-0.1, -0.05) is 0 Å². The van der Waals surface area contributed by atoms with Gasteiger partial charge < -0.3 is 29.3 Å². The fourth-order valence-electron chi connectivity index (χ4n) is 0.944. The van der Waals surface area contributed by atoms with Crippen molar-refractivity contribution in [2.24, 2.45) is 0 Å². The van der Waals surface area contributed by atoms with Crippen LogP contribution in [0.1, 0.15) is 25.7 Å². The number of aliphatic carboxylic acids is 2. The Morgan fingerprint density at radius 3 is 1.12 bits per heavy atom. The minimum atomic E-state index is -2.01. The number of esters is 2. The summed E-state index contributed by atoms with van der Waals surface area (Å²) in [7, 11) is 0. The number of Topliss-reactive ketones (excluding diaryl/α,β-unsaturated/α-hetero) is 2. The molecule has 0 radical (unpaired) electrons. The van der Waals surface area contributed by atoms with Gasteiger partial charge in [0.1, 0.15) is 11.9 Å². The Bertz CT molecular complexity index is 494. The Hall–Kier alpha value is 0.163. The van der Waals surface area contributed by atoms with E-state index in [4.69, 9.17) is 0 Å². The van der Waals surface area contributed by atoms with Gasteiger partial charge in [0, 0.05) is 12.8 Å². The van der Waals surface area contributed by atoms with E-state index in [9.17, 15) is 43.8 Å². The molecule has 120 valence electrons. The van der Waals surface area contributed by atoms with E-state index < -0.39 is 67.3 Å². The van der Waals surface area contributed by atoms with Gasteiger partial charge in [-0.2, -0.15) is 0 Å². The molecule has 0 aromatic carbocycles. The Morgan fingerprint density at radius 1 is 0.583 bits per heavy atom. The summed E-state index contributed by atoms with van der Waals surface area (Å²) in [5, 5.41) is 20.1. The van der Waals surface area contributed by atoms with Gasteiger partial charge in [0.15, 0.2) is 11.6 Å². The van der Waals surface area contributed by atoms with Crippen molar-refractivity contribution in [3.8, 4) is 0 Å². The van der Waals surface area contributed by atoms with Crippen molar-refractivity contribution in [1.82, 2.24) is 0 Å². The summed E-state index contributed by atoms with van der Waals surface area (Å²) in [5.41, 5.74) is 0. The van der Waals surface area contributed by atoms with Crippen molar-refractivity contribution in [2.75, 3.05) is 0 Å². The van der Waals surface area contributed by atoms with E-state index in [0.717, 1.165) is 0 Å². The Kier molecular flexibility index (Phi) is 18.6. The molecule has 0 spiro atoms. The topological polar surface area (TPSA) is 184 Å². The van der Waals surface area contributed by atoms with Gasteiger partial charge in [-0.05, 0) is 0 Å². The molecule has 0 amide bonds. The van der Waals surface area contributed by atoms with E-state index >= 15 is 0 Å². The maximum absolute atomic E-state index is 11.0. The molecule has 0 aromatic heterocycles. The van der Waals surface area contributed by atoms with Gasteiger partial charge >= 0.3 is 121 Å². The van der Waals surface area contributed by atoms with Crippen LogP contribution in [-0.2, 0) is 38.2 Å². The normalized spacial score (nSPS) is 8.67. The number of carbonyl (C=O) groups excluding carboxylic acids is 7. The van der Waals surface area contributed by atoms with Gasteiger partial charge in [-0.3, -0.25) is 19.2 Å². The molecule has 0 rings (SSSR count). The number of carboxylic acid groups (broad SMARTS) is 2. The second-order valence-corrected chi connectivity index (χ2v) is 3.62. The molecule has 0 aliphatic rings. The molecule has 0 aliphatic heterocycles. The second-order valence-electron chi connectivity index (χ2n) is 3.62. The molecule has 0 bridgehead atoms. The predicted molar refractivity (Wildman–Crippen MR) is 56.1 cm³/mol. The first-order valence-corrected chi connectivity index (χ1v) is 5.57. The van der Waals surface area contributed by atoms with Crippen LogP contribution in [0.2, 0.25) is 0 Å². The smallest absolute Gasteiger partial charge is 0.542 e. The van der Waals surface area contributed by atoms with E-state index in [1.807, 2.05) is 0 Å². The van der Waals surface area contributed by atoms with Crippen LogP contribution in [0.5, 0.6) is 0 Å². The standard InChI is InChI=1S/C11H10O11.2K/c12-5(9(16)17)1-3-7(14)21-11(20)22-8(15)4-2-6(13)10(18)19;;/h1-4H2,(H,16,17)(H,18,19);;/q;2*+1/p-2. The van der Waals surface area contributed by atoms with Crippen molar-refractivity contribution < 1.29 is 156 Å². The summed E-state index contributed by atoms with van der Waals surface area (Å²) in [6, 6.07) is 0. The number of hydrogen-bond donors (Lipinski definition) is 0. The predicted octanol–water partition coefficient (Wildman–Crippen LogP) is -9.60. The quantitative estimate of drug-likeness (QED) is 0.165. The van der Waals surface area contributed by atoms with E-state index in [1.54, 1.807) is 0 Å². The van der Waals surface area contributed by atoms with Crippen LogP contribution in [0.4, 0.5) is 4.79 Å². The molecule has 0 aliphatic carbocycles. The zero-order valence-electron chi connectivity index (χ0n) is 12.8. The van der Waals surface area contributed by atoms with Crippen molar-refractivity contribution >= 4 is 41.6 Å². The Labute approximate surface area is 219 Å². The fraction of sp³-hybridized carbons (Fsp3) is 0.364. The first-order valence-electron chi connectivity index (χ1n) is 5.57. The summed E-state index contributed by atoms with van der Waals surface area (Å²) in [5.74, 6) is -9.47. The average molecular weight is 394 g/mol. The van der Waals surface area contributed by atoms with E-state index in [0.29, 0.717) is 0 Å².